The number of hydrogen-bond donors (Lipinski definition) is 1. The summed E-state index contributed by atoms with van der Waals surface area (Å²) in [6.07, 6.45) is 3.12. The second kappa shape index (κ2) is 8.48. The largest absolute Gasteiger partial charge is 0.356 e. The number of carbonyl (C=O) groups is 2. The van der Waals surface area contributed by atoms with Crippen LogP contribution in [0.2, 0.25) is 0 Å². The van der Waals surface area contributed by atoms with Crippen molar-refractivity contribution in [3.8, 4) is 0 Å². The third-order valence-electron chi connectivity index (χ3n) is 4.76. The maximum atomic E-state index is 12.7. The molecule has 0 aliphatic heterocycles. The van der Waals surface area contributed by atoms with Gasteiger partial charge in [-0.1, -0.05) is 24.3 Å². The van der Waals surface area contributed by atoms with Crippen molar-refractivity contribution in [2.75, 3.05) is 6.54 Å². The predicted octanol–water partition coefficient (Wildman–Crippen LogP) is 3.03. The number of Topliss-reactive ketones (excluding diaryl/α,β-unsaturated/α-hetero) is 1. The number of thiophene rings is 1. The number of fused-ring (bicyclic) bond motifs is 1. The highest BCUT2D eigenvalue weighted by atomic mass is 32.1. The Labute approximate surface area is 167 Å². The van der Waals surface area contributed by atoms with Crippen molar-refractivity contribution in [3.63, 3.8) is 0 Å². The molecule has 0 bridgehead atoms. The molecule has 2 aromatic heterocycles. The summed E-state index contributed by atoms with van der Waals surface area (Å²) in [5.74, 6) is -0.158. The lowest BCUT2D eigenvalue weighted by molar-refractivity contribution is -0.118. The Bertz CT molecular complexity index is 1080. The minimum absolute atomic E-state index is 0.0298. The number of aromatic nitrogens is 2. The third-order valence-corrected chi connectivity index (χ3v) is 5.88. The second-order valence-electron chi connectivity index (χ2n) is 6.85. The van der Waals surface area contributed by atoms with Gasteiger partial charge in [0.15, 0.2) is 5.78 Å². The molecular formula is C21H23N3O3S. The molecule has 0 radical (unpaired) electrons. The average molecular weight is 398 g/mol. The summed E-state index contributed by atoms with van der Waals surface area (Å²) in [6, 6.07) is 7.40. The van der Waals surface area contributed by atoms with E-state index in [9.17, 15) is 14.4 Å². The zero-order chi connectivity index (χ0) is 20.3. The quantitative estimate of drug-likeness (QED) is 0.491. The molecule has 146 valence electrons. The molecule has 28 heavy (non-hydrogen) atoms. The van der Waals surface area contributed by atoms with Gasteiger partial charge in [0.05, 0.1) is 18.3 Å². The fourth-order valence-corrected chi connectivity index (χ4v) is 4.03. The van der Waals surface area contributed by atoms with Gasteiger partial charge in [-0.2, -0.15) is 0 Å². The van der Waals surface area contributed by atoms with E-state index >= 15 is 0 Å². The number of nitrogens with one attached hydrogen (secondary N) is 1. The van der Waals surface area contributed by atoms with Gasteiger partial charge in [-0.25, -0.2) is 4.98 Å². The van der Waals surface area contributed by atoms with Gasteiger partial charge in [0.25, 0.3) is 5.56 Å². The van der Waals surface area contributed by atoms with Gasteiger partial charge in [-0.3, -0.25) is 19.0 Å². The number of hydrogen-bond acceptors (Lipinski definition) is 5. The molecule has 3 rings (SSSR count). The molecule has 0 aliphatic rings. The molecule has 0 fully saturated rings. The van der Waals surface area contributed by atoms with E-state index in [1.165, 1.54) is 29.2 Å². The number of aryl methyl sites for hydroxylation is 3. The van der Waals surface area contributed by atoms with Crippen LogP contribution in [0, 0.1) is 13.8 Å². The van der Waals surface area contributed by atoms with Gasteiger partial charge in [0.1, 0.15) is 4.83 Å². The number of nitrogens with zero attached hydrogens (tertiary/aromatic N) is 2. The first kappa shape index (κ1) is 19.9. The molecule has 1 aromatic carbocycles. The molecule has 0 aliphatic carbocycles. The molecule has 0 saturated heterocycles. The number of benzene rings is 1. The Hall–Kier alpha value is -2.80. The predicted molar refractivity (Wildman–Crippen MR) is 111 cm³/mol. The van der Waals surface area contributed by atoms with Gasteiger partial charge in [0.2, 0.25) is 5.91 Å². The van der Waals surface area contributed by atoms with Crippen molar-refractivity contribution >= 4 is 33.2 Å². The van der Waals surface area contributed by atoms with E-state index < -0.39 is 0 Å². The van der Waals surface area contributed by atoms with E-state index in [2.05, 4.69) is 10.3 Å². The van der Waals surface area contributed by atoms with Crippen LogP contribution in [-0.2, 0) is 17.8 Å². The lowest BCUT2D eigenvalue weighted by Crippen LogP contribution is -2.24. The Morgan fingerprint density at radius 1 is 1.18 bits per heavy atom. The highest BCUT2D eigenvalue weighted by Gasteiger charge is 2.14. The third kappa shape index (κ3) is 4.36. The molecule has 1 amide bonds. The first-order valence-corrected chi connectivity index (χ1v) is 10.00. The number of carbonyl (C=O) groups excluding carboxylic acids is 2. The SMILES string of the molecule is CC(=O)NCCCc1ccc(C(=O)Cn2cnc3sc(C)c(C)c3c2=O)cc1. The van der Waals surface area contributed by atoms with Gasteiger partial charge in [-0.15, -0.1) is 11.3 Å². The molecule has 0 atom stereocenters. The van der Waals surface area contributed by atoms with Crippen molar-refractivity contribution in [1.29, 1.82) is 0 Å². The van der Waals surface area contributed by atoms with E-state index in [0.29, 0.717) is 22.3 Å². The van der Waals surface area contributed by atoms with E-state index in [0.717, 1.165) is 28.8 Å². The zero-order valence-corrected chi connectivity index (χ0v) is 17.1. The van der Waals surface area contributed by atoms with Crippen LogP contribution >= 0.6 is 11.3 Å². The van der Waals surface area contributed by atoms with Gasteiger partial charge >= 0.3 is 0 Å². The molecule has 7 heteroatoms. The lowest BCUT2D eigenvalue weighted by Gasteiger charge is -2.07. The summed E-state index contributed by atoms with van der Waals surface area (Å²) >= 11 is 1.50. The number of rotatable bonds is 7. The zero-order valence-electron chi connectivity index (χ0n) is 16.2. The molecule has 0 saturated carbocycles. The fourth-order valence-electron chi connectivity index (χ4n) is 3.04. The maximum absolute atomic E-state index is 12.7. The molecule has 0 unspecified atom stereocenters. The van der Waals surface area contributed by atoms with Crippen LogP contribution in [0.4, 0.5) is 0 Å². The van der Waals surface area contributed by atoms with Gasteiger partial charge < -0.3 is 5.32 Å². The first-order chi connectivity index (χ1) is 13.4. The van der Waals surface area contributed by atoms with Gasteiger partial charge in [-0.05, 0) is 37.8 Å². The normalized spacial score (nSPS) is 11.0. The Morgan fingerprint density at radius 3 is 2.57 bits per heavy atom. The van der Waals surface area contributed by atoms with Crippen molar-refractivity contribution in [2.45, 2.75) is 40.2 Å². The second-order valence-corrected chi connectivity index (χ2v) is 8.05. The minimum Gasteiger partial charge on any atom is -0.356 e. The monoisotopic (exact) mass is 397 g/mol. The smallest absolute Gasteiger partial charge is 0.262 e. The van der Waals surface area contributed by atoms with Crippen LogP contribution in [0.5, 0.6) is 0 Å². The van der Waals surface area contributed by atoms with Crippen molar-refractivity contribution in [3.05, 3.63) is 62.5 Å². The Balaban J connectivity index is 1.69. The van der Waals surface area contributed by atoms with Crippen LogP contribution in [0.3, 0.4) is 0 Å². The topological polar surface area (TPSA) is 81.1 Å². The average Bonchev–Trinajstić information content (AvgIpc) is 2.96. The van der Waals surface area contributed by atoms with E-state index in [-0.39, 0.29) is 23.8 Å². The first-order valence-electron chi connectivity index (χ1n) is 9.18. The molecule has 2 heterocycles. The lowest BCUT2D eigenvalue weighted by atomic mass is 10.0. The van der Waals surface area contributed by atoms with Crippen LogP contribution in [0.1, 0.15) is 39.7 Å². The molecule has 0 spiro atoms. The molecule has 6 nitrogen and oxygen atoms in total. The summed E-state index contributed by atoms with van der Waals surface area (Å²) < 4.78 is 1.38. The summed E-state index contributed by atoms with van der Waals surface area (Å²) in [6.45, 7) is 5.98. The fraction of sp³-hybridized carbons (Fsp3) is 0.333. The van der Waals surface area contributed by atoms with E-state index in [1.807, 2.05) is 26.0 Å². The summed E-state index contributed by atoms with van der Waals surface area (Å²) in [7, 11) is 0. The Kier molecular flexibility index (Phi) is 6.04. The number of amides is 1. The van der Waals surface area contributed by atoms with Crippen LogP contribution in [0.15, 0.2) is 35.4 Å². The molecule has 1 N–H and O–H groups in total. The van der Waals surface area contributed by atoms with Crippen LogP contribution in [0.25, 0.3) is 10.2 Å². The molecular weight excluding hydrogens is 374 g/mol. The number of ketones is 1. The summed E-state index contributed by atoms with van der Waals surface area (Å²) in [5.41, 5.74) is 2.43. The van der Waals surface area contributed by atoms with Gasteiger partial charge in [0, 0.05) is 23.9 Å². The van der Waals surface area contributed by atoms with Crippen molar-refractivity contribution < 1.29 is 9.59 Å². The standard InChI is InChI=1S/C21H23N3O3S/c1-13-14(2)28-20-19(13)21(27)24(12-23-20)11-18(26)17-8-6-16(7-9-17)5-4-10-22-15(3)25/h6-9,12H,4-5,10-11H2,1-3H3,(H,22,25). The minimum atomic E-state index is -0.171. The van der Waals surface area contributed by atoms with Crippen molar-refractivity contribution in [2.24, 2.45) is 0 Å². The Morgan fingerprint density at radius 2 is 1.89 bits per heavy atom. The summed E-state index contributed by atoms with van der Waals surface area (Å²) in [4.78, 5) is 42.3. The maximum Gasteiger partial charge on any atom is 0.262 e. The summed E-state index contributed by atoms with van der Waals surface area (Å²) in [5, 5.41) is 3.37. The van der Waals surface area contributed by atoms with E-state index in [4.69, 9.17) is 0 Å². The van der Waals surface area contributed by atoms with Crippen LogP contribution in [-0.4, -0.2) is 27.8 Å². The highest BCUT2D eigenvalue weighted by Crippen LogP contribution is 2.25. The van der Waals surface area contributed by atoms with Crippen molar-refractivity contribution in [1.82, 2.24) is 14.9 Å². The highest BCUT2D eigenvalue weighted by molar-refractivity contribution is 7.18. The van der Waals surface area contributed by atoms with Crippen LogP contribution < -0.4 is 10.9 Å². The molecule has 3 aromatic rings. The van der Waals surface area contributed by atoms with E-state index in [1.54, 1.807) is 12.1 Å².